The Hall–Kier alpha value is 0.103. The standard InChI is InChI=1S/C5H5.C4H9.Ru/c1-2-4-5-3-1;1-3-4-2;/h1-3H,4H2;1,3-4H2,2H3;/q2*-1;+2. The van der Waals surface area contributed by atoms with Crippen LogP contribution in [0.25, 0.3) is 0 Å². The van der Waals surface area contributed by atoms with E-state index in [-0.39, 0.29) is 19.5 Å². The second-order valence-corrected chi connectivity index (χ2v) is 1.86. The second-order valence-electron chi connectivity index (χ2n) is 1.86. The molecule has 1 aliphatic rings. The average Bonchev–Trinajstić information content (AvgIpc) is 2.43. The molecular formula is C9H14Ru. The topological polar surface area (TPSA) is 0 Å². The van der Waals surface area contributed by atoms with Gasteiger partial charge in [0, 0.05) is 0 Å². The molecule has 0 aromatic rings. The third-order valence-electron chi connectivity index (χ3n) is 0.939. The molecule has 0 radical (unpaired) electrons. The summed E-state index contributed by atoms with van der Waals surface area (Å²) >= 11 is 0. The van der Waals surface area contributed by atoms with Crippen LogP contribution in [-0.4, -0.2) is 0 Å². The van der Waals surface area contributed by atoms with Gasteiger partial charge in [-0.05, 0) is 0 Å². The van der Waals surface area contributed by atoms with E-state index in [1.165, 1.54) is 6.42 Å². The van der Waals surface area contributed by atoms with E-state index in [1.807, 2.05) is 12.2 Å². The van der Waals surface area contributed by atoms with Gasteiger partial charge in [0.25, 0.3) is 0 Å². The molecular weight excluding hydrogens is 209 g/mol. The van der Waals surface area contributed by atoms with Crippen molar-refractivity contribution in [1.82, 2.24) is 0 Å². The first kappa shape index (κ1) is 12.8. The van der Waals surface area contributed by atoms with Crippen LogP contribution in [0.2, 0.25) is 0 Å². The van der Waals surface area contributed by atoms with E-state index in [2.05, 4.69) is 26.0 Å². The van der Waals surface area contributed by atoms with Crippen molar-refractivity contribution in [1.29, 1.82) is 0 Å². The van der Waals surface area contributed by atoms with Crippen molar-refractivity contribution in [2.45, 2.75) is 26.2 Å². The van der Waals surface area contributed by atoms with Crippen molar-refractivity contribution in [3.05, 3.63) is 31.2 Å². The Morgan fingerprint density at radius 2 is 2.20 bits per heavy atom. The fourth-order valence-electron chi connectivity index (χ4n) is 0.340. The van der Waals surface area contributed by atoms with Crippen LogP contribution in [0.1, 0.15) is 26.2 Å². The van der Waals surface area contributed by atoms with Crippen LogP contribution in [0.3, 0.4) is 0 Å². The van der Waals surface area contributed by atoms with E-state index in [9.17, 15) is 0 Å². The Kier molecular flexibility index (Phi) is 15.1. The molecule has 1 aliphatic carbocycles. The first-order valence-electron chi connectivity index (χ1n) is 3.42. The predicted molar refractivity (Wildman–Crippen MR) is 41.8 cm³/mol. The van der Waals surface area contributed by atoms with Gasteiger partial charge in [-0.15, -0.1) is 6.42 Å². The Morgan fingerprint density at radius 1 is 1.60 bits per heavy atom. The molecule has 0 saturated heterocycles. The van der Waals surface area contributed by atoms with Crippen LogP contribution in [0.15, 0.2) is 18.2 Å². The summed E-state index contributed by atoms with van der Waals surface area (Å²) in [7, 11) is 0. The SMILES string of the molecule is [C-]1=CC=CC1.[CH2-]CCC.[Ru+2]. The zero-order chi connectivity index (χ0) is 6.95. The van der Waals surface area contributed by atoms with Crippen molar-refractivity contribution in [2.75, 3.05) is 0 Å². The molecule has 0 aromatic heterocycles. The Morgan fingerprint density at radius 3 is 2.30 bits per heavy atom. The fraction of sp³-hybridized carbons (Fsp3) is 0.444. The molecule has 0 saturated carbocycles. The molecule has 0 aliphatic heterocycles. The van der Waals surface area contributed by atoms with Crippen molar-refractivity contribution < 1.29 is 19.5 Å². The van der Waals surface area contributed by atoms with Crippen LogP contribution >= 0.6 is 0 Å². The van der Waals surface area contributed by atoms with E-state index in [0.29, 0.717) is 0 Å². The number of rotatable bonds is 1. The van der Waals surface area contributed by atoms with E-state index in [1.54, 1.807) is 0 Å². The number of allylic oxidation sites excluding steroid dienone is 4. The molecule has 0 aromatic carbocycles. The molecule has 0 heterocycles. The van der Waals surface area contributed by atoms with Gasteiger partial charge in [-0.1, -0.05) is 13.3 Å². The fourth-order valence-corrected chi connectivity index (χ4v) is 0.340. The van der Waals surface area contributed by atoms with Crippen molar-refractivity contribution in [3.8, 4) is 0 Å². The maximum Gasteiger partial charge on any atom is 2.00 e. The molecule has 0 atom stereocenters. The minimum absolute atomic E-state index is 0. The summed E-state index contributed by atoms with van der Waals surface area (Å²) < 4.78 is 0. The van der Waals surface area contributed by atoms with Gasteiger partial charge in [-0.2, -0.15) is 12.5 Å². The zero-order valence-corrected chi connectivity index (χ0v) is 8.15. The summed E-state index contributed by atoms with van der Waals surface area (Å²) in [5.74, 6) is 0. The van der Waals surface area contributed by atoms with Gasteiger partial charge in [-0.25, -0.2) is 12.2 Å². The predicted octanol–water partition coefficient (Wildman–Crippen LogP) is 2.92. The molecule has 0 bridgehead atoms. The van der Waals surface area contributed by atoms with Crippen molar-refractivity contribution in [2.24, 2.45) is 0 Å². The van der Waals surface area contributed by atoms with E-state index in [0.717, 1.165) is 12.8 Å². The molecule has 1 rings (SSSR count). The average molecular weight is 223 g/mol. The van der Waals surface area contributed by atoms with Gasteiger partial charge in [0.15, 0.2) is 0 Å². The van der Waals surface area contributed by atoms with Crippen LogP contribution in [-0.2, 0) is 19.5 Å². The summed E-state index contributed by atoms with van der Waals surface area (Å²) in [5, 5.41) is 0. The minimum Gasteiger partial charge on any atom is -0.343 e. The summed E-state index contributed by atoms with van der Waals surface area (Å²) in [4.78, 5) is 0. The van der Waals surface area contributed by atoms with Crippen molar-refractivity contribution in [3.63, 3.8) is 0 Å². The first-order valence-corrected chi connectivity index (χ1v) is 3.42. The zero-order valence-electron chi connectivity index (χ0n) is 6.41. The summed E-state index contributed by atoms with van der Waals surface area (Å²) in [6, 6.07) is 0. The van der Waals surface area contributed by atoms with Crippen molar-refractivity contribution >= 4 is 0 Å². The summed E-state index contributed by atoms with van der Waals surface area (Å²) in [6.45, 7) is 5.72. The van der Waals surface area contributed by atoms with E-state index < -0.39 is 0 Å². The smallest absolute Gasteiger partial charge is 0.343 e. The van der Waals surface area contributed by atoms with Gasteiger partial charge in [-0.3, -0.25) is 6.08 Å². The third kappa shape index (κ3) is 11.0. The largest absolute Gasteiger partial charge is 2.00 e. The molecule has 0 spiro atoms. The van der Waals surface area contributed by atoms with Gasteiger partial charge in [0.2, 0.25) is 0 Å². The van der Waals surface area contributed by atoms with Gasteiger partial charge >= 0.3 is 19.5 Å². The minimum atomic E-state index is 0. The van der Waals surface area contributed by atoms with Crippen LogP contribution in [0.5, 0.6) is 0 Å². The first-order chi connectivity index (χ1) is 4.41. The van der Waals surface area contributed by atoms with Crippen LogP contribution < -0.4 is 0 Å². The van der Waals surface area contributed by atoms with Gasteiger partial charge in [0.1, 0.15) is 0 Å². The molecule has 1 heteroatoms. The summed E-state index contributed by atoms with van der Waals surface area (Å²) in [5.41, 5.74) is 0. The summed E-state index contributed by atoms with van der Waals surface area (Å²) in [6.07, 6.45) is 12.3. The third-order valence-corrected chi connectivity index (χ3v) is 0.939. The van der Waals surface area contributed by atoms with Gasteiger partial charge < -0.3 is 6.92 Å². The van der Waals surface area contributed by atoms with E-state index >= 15 is 0 Å². The molecule has 0 fully saturated rings. The number of hydrogen-bond acceptors (Lipinski definition) is 0. The number of hydrogen-bond donors (Lipinski definition) is 0. The molecule has 0 amide bonds. The van der Waals surface area contributed by atoms with E-state index in [4.69, 9.17) is 0 Å². The second kappa shape index (κ2) is 11.8. The molecule has 58 valence electrons. The Labute approximate surface area is 77.2 Å². The maximum absolute atomic E-state index is 3.60. The normalized spacial score (nSPS) is 11.8. The monoisotopic (exact) mass is 224 g/mol. The maximum atomic E-state index is 3.60. The van der Waals surface area contributed by atoms with Crippen LogP contribution in [0.4, 0.5) is 0 Å². The van der Waals surface area contributed by atoms with Gasteiger partial charge in [0.05, 0.1) is 0 Å². The van der Waals surface area contributed by atoms with Crippen LogP contribution in [0, 0.1) is 13.0 Å². The molecule has 10 heavy (non-hydrogen) atoms. The number of unbranched alkanes of at least 4 members (excludes halogenated alkanes) is 1. The Balaban J connectivity index is 0. The molecule has 0 nitrogen and oxygen atoms in total. The molecule has 0 N–H and O–H groups in total. The quantitative estimate of drug-likeness (QED) is 0.473. The Bertz CT molecular complexity index is 80.9. The molecule has 0 unspecified atom stereocenters.